The third kappa shape index (κ3) is 2.73. The molecule has 0 saturated heterocycles. The van der Waals surface area contributed by atoms with E-state index in [1.54, 1.807) is 0 Å². The molecule has 3 heteroatoms. The van der Waals surface area contributed by atoms with Crippen molar-refractivity contribution in [2.24, 2.45) is 5.92 Å². The molecule has 0 N–H and O–H groups in total. The monoisotopic (exact) mass is 290 g/mol. The van der Waals surface area contributed by atoms with E-state index in [1.165, 1.54) is 24.5 Å². The second-order valence-corrected chi connectivity index (χ2v) is 5.57. The molecule has 1 aliphatic rings. The molecule has 2 atom stereocenters. The Bertz CT molecular complexity index is 353. The van der Waals surface area contributed by atoms with E-state index < -0.39 is 0 Å². The molecule has 1 aromatic carbocycles. The van der Waals surface area contributed by atoms with Crippen LogP contribution in [0.3, 0.4) is 0 Å². The van der Waals surface area contributed by atoms with Gasteiger partial charge in [0.2, 0.25) is 0 Å². The lowest BCUT2D eigenvalue weighted by atomic mass is 9.98. The van der Waals surface area contributed by atoms with Gasteiger partial charge in [-0.1, -0.05) is 12.5 Å². The molecule has 0 nitrogen and oxygen atoms in total. The smallest absolute Gasteiger partial charge is 0.137 e. The van der Waals surface area contributed by atoms with Crippen LogP contribution in [0, 0.1) is 11.7 Å². The van der Waals surface area contributed by atoms with E-state index >= 15 is 0 Å². The fourth-order valence-corrected chi connectivity index (χ4v) is 2.99. The van der Waals surface area contributed by atoms with Crippen LogP contribution < -0.4 is 0 Å². The summed E-state index contributed by atoms with van der Waals surface area (Å²) in [6.07, 6.45) is 4.51. The highest BCUT2D eigenvalue weighted by Crippen LogP contribution is 2.33. The van der Waals surface area contributed by atoms with Crippen LogP contribution in [0.4, 0.5) is 4.39 Å². The van der Waals surface area contributed by atoms with Crippen molar-refractivity contribution < 1.29 is 4.39 Å². The quantitative estimate of drug-likeness (QED) is 0.702. The Morgan fingerprint density at radius 2 is 2.20 bits per heavy atom. The standard InChI is InChI=1S/C12H13BrClF/c13-10-7-8(4-5-12(10)15)6-9-2-1-3-11(9)14/h4-5,7,9,11H,1-3,6H2. The van der Waals surface area contributed by atoms with Crippen molar-refractivity contribution in [3.8, 4) is 0 Å². The van der Waals surface area contributed by atoms with Crippen molar-refractivity contribution in [2.45, 2.75) is 31.1 Å². The molecule has 0 spiro atoms. The van der Waals surface area contributed by atoms with Gasteiger partial charge < -0.3 is 0 Å². The second kappa shape index (κ2) is 4.84. The maximum atomic E-state index is 13.0. The van der Waals surface area contributed by atoms with Gasteiger partial charge >= 0.3 is 0 Å². The van der Waals surface area contributed by atoms with Crippen LogP contribution in [0.5, 0.6) is 0 Å². The molecule has 0 aliphatic heterocycles. The van der Waals surface area contributed by atoms with Crippen LogP contribution in [-0.4, -0.2) is 5.38 Å². The third-order valence-corrected chi connectivity index (χ3v) is 4.23. The minimum Gasteiger partial charge on any atom is -0.206 e. The van der Waals surface area contributed by atoms with Crippen molar-refractivity contribution in [3.05, 3.63) is 34.1 Å². The predicted molar refractivity (Wildman–Crippen MR) is 64.8 cm³/mol. The molecular formula is C12H13BrClF. The normalized spacial score (nSPS) is 25.8. The van der Waals surface area contributed by atoms with Gasteiger partial charge in [0.05, 0.1) is 4.47 Å². The highest BCUT2D eigenvalue weighted by molar-refractivity contribution is 9.10. The van der Waals surface area contributed by atoms with Gasteiger partial charge in [-0.25, -0.2) is 4.39 Å². The maximum Gasteiger partial charge on any atom is 0.137 e. The largest absolute Gasteiger partial charge is 0.206 e. The van der Waals surface area contributed by atoms with Crippen molar-refractivity contribution in [1.29, 1.82) is 0 Å². The summed E-state index contributed by atoms with van der Waals surface area (Å²) >= 11 is 9.42. The molecular weight excluding hydrogens is 278 g/mol. The molecule has 0 aromatic heterocycles. The average Bonchev–Trinajstić information content (AvgIpc) is 2.59. The summed E-state index contributed by atoms with van der Waals surface area (Å²) < 4.78 is 13.6. The molecule has 0 bridgehead atoms. The van der Waals surface area contributed by atoms with E-state index in [1.807, 2.05) is 12.1 Å². The van der Waals surface area contributed by atoms with Crippen LogP contribution in [0.2, 0.25) is 0 Å². The van der Waals surface area contributed by atoms with Gasteiger partial charge in [0.25, 0.3) is 0 Å². The fourth-order valence-electron chi connectivity index (χ4n) is 2.19. The van der Waals surface area contributed by atoms with Gasteiger partial charge in [-0.05, 0) is 58.8 Å². The Hall–Kier alpha value is -0.0800. The van der Waals surface area contributed by atoms with Gasteiger partial charge in [-0.15, -0.1) is 11.6 Å². The van der Waals surface area contributed by atoms with Gasteiger partial charge in [0, 0.05) is 5.38 Å². The lowest BCUT2D eigenvalue weighted by molar-refractivity contribution is 0.550. The van der Waals surface area contributed by atoms with Gasteiger partial charge in [0.1, 0.15) is 5.82 Å². The van der Waals surface area contributed by atoms with Crippen molar-refractivity contribution in [2.75, 3.05) is 0 Å². The molecule has 0 heterocycles. The lowest BCUT2D eigenvalue weighted by Gasteiger charge is -2.13. The van der Waals surface area contributed by atoms with Gasteiger partial charge in [-0.2, -0.15) is 0 Å². The number of hydrogen-bond acceptors (Lipinski definition) is 0. The van der Waals surface area contributed by atoms with E-state index in [9.17, 15) is 4.39 Å². The molecule has 1 saturated carbocycles. The van der Waals surface area contributed by atoms with Crippen LogP contribution in [0.1, 0.15) is 24.8 Å². The molecule has 15 heavy (non-hydrogen) atoms. The first-order valence-corrected chi connectivity index (χ1v) is 6.48. The lowest BCUT2D eigenvalue weighted by Crippen LogP contribution is -2.10. The molecule has 82 valence electrons. The van der Waals surface area contributed by atoms with Gasteiger partial charge in [0.15, 0.2) is 0 Å². The summed E-state index contributed by atoms with van der Waals surface area (Å²) in [5.41, 5.74) is 1.17. The minimum atomic E-state index is -0.201. The molecule has 2 rings (SSSR count). The van der Waals surface area contributed by atoms with Gasteiger partial charge in [-0.3, -0.25) is 0 Å². The maximum absolute atomic E-state index is 13.0. The number of hydrogen-bond donors (Lipinski definition) is 0. The second-order valence-electron chi connectivity index (χ2n) is 4.16. The number of alkyl halides is 1. The van der Waals surface area contributed by atoms with Crippen LogP contribution in [0.15, 0.2) is 22.7 Å². The summed E-state index contributed by atoms with van der Waals surface area (Å²) in [7, 11) is 0. The molecule has 0 radical (unpaired) electrons. The van der Waals surface area contributed by atoms with Crippen molar-refractivity contribution in [1.82, 2.24) is 0 Å². The zero-order valence-electron chi connectivity index (χ0n) is 8.35. The highest BCUT2D eigenvalue weighted by atomic mass is 79.9. The topological polar surface area (TPSA) is 0 Å². The van der Waals surface area contributed by atoms with Crippen LogP contribution in [-0.2, 0) is 6.42 Å². The number of rotatable bonds is 2. The zero-order chi connectivity index (χ0) is 10.8. The summed E-state index contributed by atoms with van der Waals surface area (Å²) in [5.74, 6) is 0.358. The molecule has 1 aliphatic carbocycles. The Labute approximate surface area is 103 Å². The minimum absolute atomic E-state index is 0.201. The zero-order valence-corrected chi connectivity index (χ0v) is 10.7. The average molecular weight is 292 g/mol. The fraction of sp³-hybridized carbons (Fsp3) is 0.500. The molecule has 1 aromatic rings. The first-order valence-electron chi connectivity index (χ1n) is 5.25. The third-order valence-electron chi connectivity index (χ3n) is 3.05. The van der Waals surface area contributed by atoms with Crippen molar-refractivity contribution >= 4 is 27.5 Å². The number of benzene rings is 1. The first kappa shape index (κ1) is 11.4. The predicted octanol–water partition coefficient (Wildman–Crippen LogP) is 4.54. The summed E-state index contributed by atoms with van der Waals surface area (Å²) in [5, 5.41) is 0.300. The van der Waals surface area contributed by atoms with E-state index in [-0.39, 0.29) is 5.82 Å². The summed E-state index contributed by atoms with van der Waals surface area (Å²) in [6, 6.07) is 5.22. The SMILES string of the molecule is Fc1ccc(CC2CCCC2Cl)cc1Br. The van der Waals surface area contributed by atoms with Crippen LogP contribution in [0.25, 0.3) is 0 Å². The Balaban J connectivity index is 2.07. The Morgan fingerprint density at radius 3 is 2.80 bits per heavy atom. The van der Waals surface area contributed by atoms with E-state index in [4.69, 9.17) is 11.6 Å². The van der Waals surface area contributed by atoms with Crippen LogP contribution >= 0.6 is 27.5 Å². The van der Waals surface area contributed by atoms with E-state index in [0.29, 0.717) is 15.8 Å². The Morgan fingerprint density at radius 1 is 1.40 bits per heavy atom. The van der Waals surface area contributed by atoms with Crippen molar-refractivity contribution in [3.63, 3.8) is 0 Å². The highest BCUT2D eigenvalue weighted by Gasteiger charge is 2.25. The van der Waals surface area contributed by atoms with E-state index in [2.05, 4.69) is 15.9 Å². The van der Waals surface area contributed by atoms with E-state index in [0.717, 1.165) is 12.8 Å². The Kier molecular flexibility index (Phi) is 3.68. The number of halogens is 3. The first-order chi connectivity index (χ1) is 7.16. The summed E-state index contributed by atoms with van der Waals surface area (Å²) in [6.45, 7) is 0. The molecule has 1 fully saturated rings. The molecule has 2 unspecified atom stereocenters. The summed E-state index contributed by atoms with van der Waals surface area (Å²) in [4.78, 5) is 0. The molecule has 0 amide bonds.